The summed E-state index contributed by atoms with van der Waals surface area (Å²) in [6.45, 7) is 4.18. The lowest BCUT2D eigenvalue weighted by Gasteiger charge is -2.38. The molecule has 0 spiro atoms. The van der Waals surface area contributed by atoms with E-state index in [2.05, 4.69) is 0 Å². The zero-order valence-electron chi connectivity index (χ0n) is 21.6. The van der Waals surface area contributed by atoms with Gasteiger partial charge >= 0.3 is 23.9 Å². The molecule has 0 bridgehead atoms. The third-order valence-corrected chi connectivity index (χ3v) is 6.30. The largest absolute Gasteiger partial charge is 0.342 e. The van der Waals surface area contributed by atoms with Crippen molar-refractivity contribution in [1.82, 2.24) is 9.80 Å². The molecule has 2 saturated heterocycles. The van der Waals surface area contributed by atoms with E-state index in [1.54, 1.807) is 0 Å². The Morgan fingerprint density at radius 1 is 0.605 bits per heavy atom. The Labute approximate surface area is 215 Å². The van der Waals surface area contributed by atoms with Crippen molar-refractivity contribution in [3.05, 3.63) is 24.3 Å². The maximum Gasteiger partial charge on any atom is 0.342 e. The van der Waals surface area contributed by atoms with E-state index in [0.717, 1.165) is 25.0 Å². The number of hydrogen-bond acceptors (Lipinski definition) is 2. The zero-order chi connectivity index (χ0) is 27.8. The summed E-state index contributed by atoms with van der Waals surface area (Å²) in [5.41, 5.74) is 0. The van der Waals surface area contributed by atoms with Crippen molar-refractivity contribution in [2.75, 3.05) is 26.2 Å². The Bertz CT molecular complexity index is 699. The highest BCUT2D eigenvalue weighted by Crippen LogP contribution is 2.40. The molecule has 0 amide bonds. The van der Waals surface area contributed by atoms with E-state index in [1.165, 1.54) is 13.8 Å². The van der Waals surface area contributed by atoms with Crippen LogP contribution in [-0.4, -0.2) is 72.3 Å². The van der Waals surface area contributed by atoms with E-state index in [9.17, 15) is 43.9 Å². The van der Waals surface area contributed by atoms with Gasteiger partial charge in [0, 0.05) is 26.2 Å². The molecule has 0 radical (unpaired) electrons. The maximum absolute atomic E-state index is 13.7. The predicted molar refractivity (Wildman–Crippen MR) is 124 cm³/mol. The standard InChI is InChI=1S/2C12H18F5N.2FH/c1-3-6-11(14,15)10(13)12(16,17)18-7-4-9(2)5-8-18;1-2-7-11(14,15)10(13)12(16,17)18-8-5-3-4-6-9-18;;/h3,6,9-10H,4-5,7-8H2,1-2H3;2,7,10H,3-6,8-9H2,1H3;2*1H/b6-3-;7-2-;;. The van der Waals surface area contributed by atoms with Gasteiger partial charge < -0.3 is 0 Å². The van der Waals surface area contributed by atoms with E-state index in [4.69, 9.17) is 0 Å². The number of allylic oxidation sites excluding steroid dienone is 4. The molecule has 2 fully saturated rings. The number of halogens is 12. The SMILES string of the molecule is C/C=C\C(F)(F)C(F)C(F)(F)N1CCC(C)CC1.C/C=C\C(F)(F)C(F)C(F)(F)N1CCCCCC1.F.F. The Morgan fingerprint density at radius 2 is 0.921 bits per heavy atom. The van der Waals surface area contributed by atoms with Crippen LogP contribution < -0.4 is 0 Å². The Kier molecular flexibility index (Phi) is 16.3. The van der Waals surface area contributed by atoms with E-state index >= 15 is 0 Å². The molecule has 0 aliphatic carbocycles. The van der Waals surface area contributed by atoms with E-state index in [-0.39, 0.29) is 53.7 Å². The first-order chi connectivity index (χ1) is 16.5. The molecule has 2 heterocycles. The second-order valence-corrected chi connectivity index (χ2v) is 9.32. The fraction of sp³-hybridized carbons (Fsp3) is 0.833. The molecule has 0 aromatic rings. The van der Waals surface area contributed by atoms with Crippen LogP contribution in [0.2, 0.25) is 0 Å². The zero-order valence-corrected chi connectivity index (χ0v) is 21.6. The number of likely N-dealkylation sites (tertiary alicyclic amines) is 2. The van der Waals surface area contributed by atoms with Crippen molar-refractivity contribution in [3.63, 3.8) is 0 Å². The van der Waals surface area contributed by atoms with Gasteiger partial charge in [0.25, 0.3) is 0 Å². The molecule has 2 aliphatic heterocycles. The van der Waals surface area contributed by atoms with Crippen molar-refractivity contribution >= 4 is 0 Å². The van der Waals surface area contributed by atoms with Crippen LogP contribution in [0, 0.1) is 5.92 Å². The van der Waals surface area contributed by atoms with Gasteiger partial charge in [0.1, 0.15) is 0 Å². The summed E-state index contributed by atoms with van der Waals surface area (Å²) in [6.07, 6.45) is -1.46. The van der Waals surface area contributed by atoms with Crippen molar-refractivity contribution in [2.45, 2.75) is 95.6 Å². The predicted octanol–water partition coefficient (Wildman–Crippen LogP) is 8.17. The molecule has 0 N–H and O–H groups in total. The first kappa shape index (κ1) is 38.7. The molecule has 2 unspecified atom stereocenters. The number of hydrogen-bond donors (Lipinski definition) is 0. The van der Waals surface area contributed by atoms with Gasteiger partial charge in [-0.05, 0) is 57.6 Å². The van der Waals surface area contributed by atoms with Crippen molar-refractivity contribution in [3.8, 4) is 0 Å². The van der Waals surface area contributed by atoms with E-state index in [1.807, 2.05) is 6.92 Å². The first-order valence-corrected chi connectivity index (χ1v) is 12.1. The van der Waals surface area contributed by atoms with Crippen LogP contribution in [-0.2, 0) is 0 Å². The molecule has 2 nitrogen and oxygen atoms in total. The summed E-state index contributed by atoms with van der Waals surface area (Å²) in [7, 11) is 0. The van der Waals surface area contributed by atoms with Gasteiger partial charge in [0.05, 0.1) is 0 Å². The highest BCUT2D eigenvalue weighted by molar-refractivity contribution is 5.03. The maximum atomic E-state index is 13.7. The summed E-state index contributed by atoms with van der Waals surface area (Å²) in [5.74, 6) is -8.03. The molecule has 228 valence electrons. The molecule has 2 aliphatic rings. The summed E-state index contributed by atoms with van der Waals surface area (Å²) in [6, 6.07) is -8.27. The fourth-order valence-corrected chi connectivity index (χ4v) is 4.07. The van der Waals surface area contributed by atoms with E-state index < -0.39 is 36.3 Å². The topological polar surface area (TPSA) is 6.48 Å². The lowest BCUT2D eigenvalue weighted by atomic mass is 9.98. The number of nitrogens with zero attached hydrogens (tertiary/aromatic N) is 2. The molecule has 38 heavy (non-hydrogen) atoms. The number of rotatable bonds is 8. The Morgan fingerprint density at radius 3 is 1.24 bits per heavy atom. The van der Waals surface area contributed by atoms with Gasteiger partial charge in [-0.3, -0.25) is 9.41 Å². The monoisotopic (exact) mass is 582 g/mol. The lowest BCUT2D eigenvalue weighted by molar-refractivity contribution is -0.242. The smallest absolute Gasteiger partial charge is 0.269 e. The molecular formula is C24H38F12N2. The average Bonchev–Trinajstić information content (AvgIpc) is 3.09. The second-order valence-electron chi connectivity index (χ2n) is 9.32. The van der Waals surface area contributed by atoms with Gasteiger partial charge in [0.2, 0.25) is 12.3 Å². The molecule has 2 atom stereocenters. The molecule has 0 aromatic carbocycles. The second kappa shape index (κ2) is 16.0. The minimum atomic E-state index is -4.15. The summed E-state index contributed by atoms with van der Waals surface area (Å²) in [5, 5.41) is 0. The Balaban J connectivity index is 0. The van der Waals surface area contributed by atoms with Gasteiger partial charge in [-0.25, -0.2) is 18.6 Å². The van der Waals surface area contributed by atoms with Crippen LogP contribution in [0.4, 0.5) is 53.3 Å². The highest BCUT2D eigenvalue weighted by Gasteiger charge is 2.58. The third kappa shape index (κ3) is 10.3. The van der Waals surface area contributed by atoms with Crippen LogP contribution in [0.25, 0.3) is 0 Å². The van der Waals surface area contributed by atoms with Gasteiger partial charge in [0.15, 0.2) is 0 Å². The molecule has 14 heteroatoms. The van der Waals surface area contributed by atoms with Crippen molar-refractivity contribution in [2.24, 2.45) is 5.92 Å². The van der Waals surface area contributed by atoms with Crippen LogP contribution in [0.1, 0.15) is 59.3 Å². The Hall–Kier alpha value is -1.44. The van der Waals surface area contributed by atoms with Crippen LogP contribution in [0.5, 0.6) is 0 Å². The average molecular weight is 583 g/mol. The minimum absolute atomic E-state index is 0. The molecule has 0 aromatic heterocycles. The van der Waals surface area contributed by atoms with Gasteiger partial charge in [-0.2, -0.15) is 35.1 Å². The first-order valence-electron chi connectivity index (χ1n) is 12.1. The number of alkyl halides is 10. The minimum Gasteiger partial charge on any atom is -0.269 e. The molecular weight excluding hydrogens is 544 g/mol. The third-order valence-electron chi connectivity index (χ3n) is 6.30. The van der Waals surface area contributed by atoms with Crippen molar-refractivity contribution < 1.29 is 53.3 Å². The summed E-state index contributed by atoms with van der Waals surface area (Å²) in [4.78, 5) is 1.07. The summed E-state index contributed by atoms with van der Waals surface area (Å²) >= 11 is 0. The van der Waals surface area contributed by atoms with Gasteiger partial charge in [-0.15, -0.1) is 0 Å². The normalized spacial score (nSPS) is 21.2. The lowest BCUT2D eigenvalue weighted by Crippen LogP contribution is -2.56. The van der Waals surface area contributed by atoms with E-state index in [0.29, 0.717) is 35.5 Å². The van der Waals surface area contributed by atoms with Crippen LogP contribution in [0.3, 0.4) is 0 Å². The highest BCUT2D eigenvalue weighted by atomic mass is 19.3. The number of piperidine rings is 1. The quantitative estimate of drug-likeness (QED) is 0.162. The molecule has 0 saturated carbocycles. The van der Waals surface area contributed by atoms with Crippen LogP contribution >= 0.6 is 0 Å². The van der Waals surface area contributed by atoms with Crippen molar-refractivity contribution in [1.29, 1.82) is 0 Å². The van der Waals surface area contributed by atoms with Crippen LogP contribution in [0.15, 0.2) is 24.3 Å². The fourth-order valence-electron chi connectivity index (χ4n) is 4.07. The summed E-state index contributed by atoms with van der Waals surface area (Å²) < 4.78 is 135. The molecule has 2 rings (SSSR count). The van der Waals surface area contributed by atoms with Gasteiger partial charge in [-0.1, -0.05) is 31.9 Å².